The normalized spacial score (nSPS) is 10.7. The molecule has 6 nitrogen and oxygen atoms in total. The minimum atomic E-state index is -0.0872. The monoisotopic (exact) mass is 389 g/mol. The van der Waals surface area contributed by atoms with Gasteiger partial charge in [0.25, 0.3) is 0 Å². The highest BCUT2D eigenvalue weighted by Gasteiger charge is 2.11. The zero-order valence-electron chi connectivity index (χ0n) is 14.7. The van der Waals surface area contributed by atoms with Crippen LogP contribution < -0.4 is 14.8 Å². The highest BCUT2D eigenvalue weighted by atomic mass is 32.2. The van der Waals surface area contributed by atoms with Crippen molar-refractivity contribution in [3.05, 3.63) is 35.5 Å². The molecule has 0 saturated heterocycles. The van der Waals surface area contributed by atoms with Gasteiger partial charge in [0.15, 0.2) is 0 Å². The molecule has 0 spiro atoms. The van der Waals surface area contributed by atoms with Crippen LogP contribution in [0.15, 0.2) is 35.6 Å². The van der Waals surface area contributed by atoms with Crippen molar-refractivity contribution in [2.75, 3.05) is 25.3 Å². The van der Waals surface area contributed by atoms with Gasteiger partial charge in [0.2, 0.25) is 5.91 Å². The summed E-state index contributed by atoms with van der Waals surface area (Å²) in [6.45, 7) is 2.05. The van der Waals surface area contributed by atoms with E-state index in [9.17, 15) is 4.79 Å². The van der Waals surface area contributed by atoms with E-state index in [1.807, 2.05) is 0 Å². The fraction of sp³-hybridized carbons (Fsp3) is 0.278. The van der Waals surface area contributed by atoms with Crippen LogP contribution in [0.1, 0.15) is 11.3 Å². The second-order valence-corrected chi connectivity index (χ2v) is 7.79. The fourth-order valence-corrected chi connectivity index (χ4v) is 4.26. The number of thiophene rings is 1. The van der Waals surface area contributed by atoms with Crippen LogP contribution in [0.3, 0.4) is 0 Å². The zero-order chi connectivity index (χ0) is 18.5. The number of fused-ring (bicyclic) bond motifs is 1. The Morgan fingerprint density at radius 1 is 1.23 bits per heavy atom. The molecule has 0 aliphatic heterocycles. The third-order valence-electron chi connectivity index (χ3n) is 3.66. The molecule has 2 aromatic heterocycles. The first-order valence-corrected chi connectivity index (χ1v) is 9.76. The number of benzene rings is 1. The molecule has 8 heteroatoms. The van der Waals surface area contributed by atoms with Crippen LogP contribution in [-0.2, 0) is 4.79 Å². The Morgan fingerprint density at radius 2 is 2.08 bits per heavy atom. The highest BCUT2D eigenvalue weighted by Crippen LogP contribution is 2.31. The van der Waals surface area contributed by atoms with Crippen molar-refractivity contribution in [2.24, 2.45) is 0 Å². The average molecular weight is 390 g/mol. The Kier molecular flexibility index (Phi) is 5.95. The SMILES string of the molecule is COc1ccc(OC)c(NC(=O)CCSc2ncnc3sc(C)cc23)c1. The Labute approximate surface area is 160 Å². The molecule has 3 rings (SSSR count). The summed E-state index contributed by atoms with van der Waals surface area (Å²) >= 11 is 3.20. The molecule has 1 N–H and O–H groups in total. The summed E-state index contributed by atoms with van der Waals surface area (Å²) in [5, 5.41) is 4.84. The van der Waals surface area contributed by atoms with Crippen LogP contribution in [0, 0.1) is 6.92 Å². The topological polar surface area (TPSA) is 73.3 Å². The first-order valence-electron chi connectivity index (χ1n) is 7.96. The summed E-state index contributed by atoms with van der Waals surface area (Å²) in [4.78, 5) is 23.1. The molecule has 0 saturated carbocycles. The highest BCUT2D eigenvalue weighted by molar-refractivity contribution is 7.99. The number of nitrogens with zero attached hydrogens (tertiary/aromatic N) is 2. The van der Waals surface area contributed by atoms with Gasteiger partial charge in [0.1, 0.15) is 27.7 Å². The fourth-order valence-electron chi connectivity index (χ4n) is 2.43. The Morgan fingerprint density at radius 3 is 2.85 bits per heavy atom. The summed E-state index contributed by atoms with van der Waals surface area (Å²) in [6.07, 6.45) is 1.93. The number of carbonyl (C=O) groups is 1. The van der Waals surface area contributed by atoms with Crippen LogP contribution in [0.2, 0.25) is 0 Å². The van der Waals surface area contributed by atoms with E-state index in [1.165, 1.54) is 4.88 Å². The Balaban J connectivity index is 1.61. The van der Waals surface area contributed by atoms with Crippen molar-refractivity contribution < 1.29 is 14.3 Å². The number of carbonyl (C=O) groups excluding carboxylic acids is 1. The molecular weight excluding hydrogens is 370 g/mol. The number of amides is 1. The van der Waals surface area contributed by atoms with Gasteiger partial charge < -0.3 is 14.8 Å². The standard InChI is InChI=1S/C18H19N3O3S2/c1-11-8-13-17(19-10-20-18(13)26-11)25-7-6-16(22)21-14-9-12(23-2)4-5-15(14)24-3/h4-5,8-10H,6-7H2,1-3H3,(H,21,22). The molecular formula is C18H19N3O3S2. The first-order chi connectivity index (χ1) is 12.6. The summed E-state index contributed by atoms with van der Waals surface area (Å²) in [5.74, 6) is 1.79. The molecule has 0 bridgehead atoms. The number of hydrogen-bond donors (Lipinski definition) is 1. The van der Waals surface area contributed by atoms with E-state index in [2.05, 4.69) is 28.3 Å². The lowest BCUT2D eigenvalue weighted by Gasteiger charge is -2.11. The van der Waals surface area contributed by atoms with Gasteiger partial charge in [-0.25, -0.2) is 9.97 Å². The molecule has 136 valence electrons. The van der Waals surface area contributed by atoms with E-state index in [4.69, 9.17) is 9.47 Å². The maximum atomic E-state index is 12.3. The second-order valence-electron chi connectivity index (χ2n) is 5.47. The molecule has 3 aromatic rings. The maximum absolute atomic E-state index is 12.3. The first kappa shape index (κ1) is 18.5. The number of hydrogen-bond acceptors (Lipinski definition) is 7. The van der Waals surface area contributed by atoms with E-state index in [0.717, 1.165) is 15.2 Å². The molecule has 1 amide bonds. The average Bonchev–Trinajstić information content (AvgIpc) is 3.02. The number of nitrogens with one attached hydrogen (secondary N) is 1. The summed E-state index contributed by atoms with van der Waals surface area (Å²) in [5.41, 5.74) is 0.597. The van der Waals surface area contributed by atoms with Crippen molar-refractivity contribution in [3.8, 4) is 11.5 Å². The van der Waals surface area contributed by atoms with Crippen LogP contribution in [0.4, 0.5) is 5.69 Å². The predicted octanol–water partition coefficient (Wildman–Crippen LogP) is 4.14. The third kappa shape index (κ3) is 4.25. The van der Waals surface area contributed by atoms with Crippen molar-refractivity contribution in [2.45, 2.75) is 18.4 Å². The Bertz CT molecular complexity index is 927. The van der Waals surface area contributed by atoms with E-state index < -0.39 is 0 Å². The molecule has 0 fully saturated rings. The number of rotatable bonds is 7. The smallest absolute Gasteiger partial charge is 0.225 e. The molecule has 2 heterocycles. The number of aromatic nitrogens is 2. The van der Waals surface area contributed by atoms with Crippen molar-refractivity contribution >= 4 is 44.9 Å². The van der Waals surface area contributed by atoms with Gasteiger partial charge in [0.05, 0.1) is 19.9 Å². The molecule has 0 radical (unpaired) electrons. The molecule has 0 atom stereocenters. The van der Waals surface area contributed by atoms with E-state index in [1.54, 1.807) is 61.8 Å². The van der Waals surface area contributed by atoms with Gasteiger partial charge in [-0.15, -0.1) is 23.1 Å². The van der Waals surface area contributed by atoms with Crippen LogP contribution in [0.5, 0.6) is 11.5 Å². The van der Waals surface area contributed by atoms with Crippen molar-refractivity contribution in [1.82, 2.24) is 9.97 Å². The summed E-state index contributed by atoms with van der Waals surface area (Å²) in [6, 6.07) is 7.38. The summed E-state index contributed by atoms with van der Waals surface area (Å²) in [7, 11) is 3.15. The lowest BCUT2D eigenvalue weighted by atomic mass is 10.2. The molecule has 0 aliphatic rings. The number of anilines is 1. The quantitative estimate of drug-likeness (QED) is 0.484. The number of ether oxygens (including phenoxy) is 2. The molecule has 0 unspecified atom stereocenters. The van der Waals surface area contributed by atoms with Gasteiger partial charge in [-0.05, 0) is 25.1 Å². The lowest BCUT2D eigenvalue weighted by molar-refractivity contribution is -0.115. The summed E-state index contributed by atoms with van der Waals surface area (Å²) < 4.78 is 10.5. The largest absolute Gasteiger partial charge is 0.497 e. The molecule has 26 heavy (non-hydrogen) atoms. The van der Waals surface area contributed by atoms with Crippen molar-refractivity contribution in [3.63, 3.8) is 0 Å². The van der Waals surface area contributed by atoms with E-state index in [0.29, 0.717) is 29.4 Å². The van der Waals surface area contributed by atoms with Crippen LogP contribution >= 0.6 is 23.1 Å². The van der Waals surface area contributed by atoms with Crippen LogP contribution in [-0.4, -0.2) is 35.8 Å². The van der Waals surface area contributed by atoms with Gasteiger partial charge >= 0.3 is 0 Å². The minimum absolute atomic E-state index is 0.0872. The van der Waals surface area contributed by atoms with Gasteiger partial charge in [-0.1, -0.05) is 0 Å². The van der Waals surface area contributed by atoms with Gasteiger partial charge in [-0.3, -0.25) is 4.79 Å². The molecule has 0 aliphatic carbocycles. The van der Waals surface area contributed by atoms with E-state index >= 15 is 0 Å². The third-order valence-corrected chi connectivity index (χ3v) is 5.63. The lowest BCUT2D eigenvalue weighted by Crippen LogP contribution is -2.13. The zero-order valence-corrected chi connectivity index (χ0v) is 16.4. The number of methoxy groups -OCH3 is 2. The predicted molar refractivity (Wildman–Crippen MR) is 106 cm³/mol. The maximum Gasteiger partial charge on any atom is 0.225 e. The van der Waals surface area contributed by atoms with Gasteiger partial charge in [-0.2, -0.15) is 0 Å². The van der Waals surface area contributed by atoms with Crippen molar-refractivity contribution in [1.29, 1.82) is 0 Å². The minimum Gasteiger partial charge on any atom is -0.497 e. The number of aryl methyl sites for hydroxylation is 1. The van der Waals surface area contributed by atoms with Crippen LogP contribution in [0.25, 0.3) is 10.2 Å². The van der Waals surface area contributed by atoms with Gasteiger partial charge in [0, 0.05) is 28.5 Å². The molecule has 1 aromatic carbocycles. The Hall–Kier alpha value is -2.32. The van der Waals surface area contributed by atoms with E-state index in [-0.39, 0.29) is 5.91 Å². The number of thioether (sulfide) groups is 1. The second kappa shape index (κ2) is 8.37.